The zero-order valence-electron chi connectivity index (χ0n) is 8.23. The monoisotopic (exact) mass is 310 g/mol. The number of para-hydroxylation sites is 1. The van der Waals surface area contributed by atoms with E-state index < -0.39 is 0 Å². The highest BCUT2D eigenvalue weighted by Gasteiger charge is 2.29. The Bertz CT molecular complexity index is 472. The van der Waals surface area contributed by atoms with Gasteiger partial charge in [0.2, 0.25) is 0 Å². The highest BCUT2D eigenvalue weighted by atomic mass is 127. The molecule has 0 bridgehead atoms. The van der Waals surface area contributed by atoms with Crippen molar-refractivity contribution in [1.29, 1.82) is 0 Å². The summed E-state index contributed by atoms with van der Waals surface area (Å²) in [7, 11) is 0. The van der Waals surface area contributed by atoms with Crippen molar-refractivity contribution in [3.63, 3.8) is 0 Å². The molecule has 2 nitrogen and oxygen atoms in total. The van der Waals surface area contributed by atoms with E-state index >= 15 is 0 Å². The molecular formula is C12H11IN2. The van der Waals surface area contributed by atoms with Gasteiger partial charge >= 0.3 is 0 Å². The van der Waals surface area contributed by atoms with Crippen LogP contribution in [0.25, 0.3) is 5.69 Å². The second-order valence-electron chi connectivity index (χ2n) is 3.90. The molecule has 0 saturated heterocycles. The molecule has 1 heterocycles. The molecule has 1 fully saturated rings. The van der Waals surface area contributed by atoms with Crippen molar-refractivity contribution in [2.75, 3.05) is 0 Å². The van der Waals surface area contributed by atoms with E-state index in [4.69, 9.17) is 0 Å². The van der Waals surface area contributed by atoms with Crippen molar-refractivity contribution >= 4 is 22.6 Å². The molecule has 1 aromatic heterocycles. The molecule has 0 N–H and O–H groups in total. The molecule has 0 radical (unpaired) electrons. The maximum absolute atomic E-state index is 4.46. The van der Waals surface area contributed by atoms with E-state index in [1.54, 1.807) is 0 Å². The molecule has 1 aliphatic rings. The minimum atomic E-state index is 0.736. The fourth-order valence-electron chi connectivity index (χ4n) is 1.84. The number of aromatic nitrogens is 2. The molecule has 0 spiro atoms. The van der Waals surface area contributed by atoms with E-state index in [9.17, 15) is 0 Å². The Kier molecular flexibility index (Phi) is 2.27. The van der Waals surface area contributed by atoms with E-state index in [2.05, 4.69) is 56.6 Å². The summed E-state index contributed by atoms with van der Waals surface area (Å²) in [5, 5.41) is 4.46. The quantitative estimate of drug-likeness (QED) is 0.778. The van der Waals surface area contributed by atoms with Crippen LogP contribution in [0.3, 0.4) is 0 Å². The molecule has 0 unspecified atom stereocenters. The van der Waals surface area contributed by atoms with E-state index in [1.807, 2.05) is 12.3 Å². The summed E-state index contributed by atoms with van der Waals surface area (Å²) in [4.78, 5) is 0. The van der Waals surface area contributed by atoms with Crippen LogP contribution in [0.1, 0.15) is 24.5 Å². The molecule has 2 aromatic rings. The first-order chi connectivity index (χ1) is 7.36. The van der Waals surface area contributed by atoms with Crippen LogP contribution in [0.2, 0.25) is 0 Å². The van der Waals surface area contributed by atoms with Gasteiger partial charge in [0.15, 0.2) is 0 Å². The number of nitrogens with zero attached hydrogens (tertiary/aromatic N) is 2. The number of hydrogen-bond acceptors (Lipinski definition) is 1. The fraction of sp³-hybridized carbons (Fsp3) is 0.250. The van der Waals surface area contributed by atoms with E-state index in [0.29, 0.717) is 0 Å². The summed E-state index contributed by atoms with van der Waals surface area (Å²) < 4.78 is 3.37. The van der Waals surface area contributed by atoms with Gasteiger partial charge in [0.05, 0.1) is 21.1 Å². The van der Waals surface area contributed by atoms with Gasteiger partial charge in [-0.25, -0.2) is 4.68 Å². The van der Waals surface area contributed by atoms with Crippen molar-refractivity contribution in [2.45, 2.75) is 18.8 Å². The summed E-state index contributed by atoms with van der Waals surface area (Å²) in [6, 6.07) is 10.4. The highest BCUT2D eigenvalue weighted by molar-refractivity contribution is 14.1. The van der Waals surface area contributed by atoms with Crippen LogP contribution in [-0.2, 0) is 0 Å². The third kappa shape index (κ3) is 1.69. The molecule has 3 heteroatoms. The Morgan fingerprint density at radius 3 is 2.60 bits per heavy atom. The molecule has 0 atom stereocenters. The van der Waals surface area contributed by atoms with E-state index in [-0.39, 0.29) is 0 Å². The van der Waals surface area contributed by atoms with Crippen LogP contribution in [0.5, 0.6) is 0 Å². The minimum absolute atomic E-state index is 0.736. The Hall–Kier alpha value is -0.840. The Balaban J connectivity index is 2.12. The average molecular weight is 310 g/mol. The van der Waals surface area contributed by atoms with Gasteiger partial charge in [-0.05, 0) is 47.6 Å². The first kappa shape index (κ1) is 9.39. The largest absolute Gasteiger partial charge is 0.236 e. The molecule has 15 heavy (non-hydrogen) atoms. The maximum Gasteiger partial charge on any atom is 0.0649 e. The van der Waals surface area contributed by atoms with Gasteiger partial charge in [-0.3, -0.25) is 0 Å². The number of hydrogen-bond donors (Lipinski definition) is 0. The topological polar surface area (TPSA) is 17.8 Å². The lowest BCUT2D eigenvalue weighted by Crippen LogP contribution is -2.01. The first-order valence-corrected chi connectivity index (χ1v) is 6.23. The second-order valence-corrected chi connectivity index (χ2v) is 5.06. The van der Waals surface area contributed by atoms with Gasteiger partial charge in [0, 0.05) is 5.92 Å². The van der Waals surface area contributed by atoms with Crippen molar-refractivity contribution in [2.24, 2.45) is 0 Å². The Morgan fingerprint density at radius 1 is 1.20 bits per heavy atom. The van der Waals surface area contributed by atoms with Gasteiger partial charge in [-0.15, -0.1) is 0 Å². The SMILES string of the molecule is Ic1cnn(-c2ccccc2)c1C1CC1. The van der Waals surface area contributed by atoms with E-state index in [0.717, 1.165) is 5.92 Å². The first-order valence-electron chi connectivity index (χ1n) is 5.15. The third-order valence-electron chi connectivity index (χ3n) is 2.72. The van der Waals surface area contributed by atoms with Crippen LogP contribution < -0.4 is 0 Å². The van der Waals surface area contributed by atoms with Gasteiger partial charge in [-0.1, -0.05) is 18.2 Å². The third-order valence-corrected chi connectivity index (χ3v) is 3.56. The standard InChI is InChI=1S/C12H11IN2/c13-11-8-14-15(12(11)9-6-7-9)10-4-2-1-3-5-10/h1-5,8-9H,6-7H2. The summed E-state index contributed by atoms with van der Waals surface area (Å²) in [5.74, 6) is 0.736. The summed E-state index contributed by atoms with van der Waals surface area (Å²) in [5.41, 5.74) is 2.56. The molecule has 1 saturated carbocycles. The van der Waals surface area contributed by atoms with Crippen LogP contribution in [-0.4, -0.2) is 9.78 Å². The molecule has 3 rings (SSSR count). The number of rotatable bonds is 2. The lowest BCUT2D eigenvalue weighted by molar-refractivity contribution is 0.806. The molecule has 0 aliphatic heterocycles. The molecule has 1 aromatic carbocycles. The zero-order chi connectivity index (χ0) is 10.3. The Morgan fingerprint density at radius 2 is 1.93 bits per heavy atom. The predicted molar refractivity (Wildman–Crippen MR) is 68.3 cm³/mol. The van der Waals surface area contributed by atoms with Gasteiger partial charge < -0.3 is 0 Å². The summed E-state index contributed by atoms with van der Waals surface area (Å²) >= 11 is 2.38. The summed E-state index contributed by atoms with van der Waals surface area (Å²) in [6.45, 7) is 0. The van der Waals surface area contributed by atoms with Gasteiger partial charge in [0.25, 0.3) is 0 Å². The van der Waals surface area contributed by atoms with Crippen molar-refractivity contribution in [1.82, 2.24) is 9.78 Å². The molecule has 0 amide bonds. The van der Waals surface area contributed by atoms with Crippen LogP contribution in [0.4, 0.5) is 0 Å². The van der Waals surface area contributed by atoms with Gasteiger partial charge in [-0.2, -0.15) is 5.10 Å². The van der Waals surface area contributed by atoms with Crippen molar-refractivity contribution in [3.8, 4) is 5.69 Å². The highest BCUT2D eigenvalue weighted by Crippen LogP contribution is 2.42. The zero-order valence-corrected chi connectivity index (χ0v) is 10.4. The van der Waals surface area contributed by atoms with Gasteiger partial charge in [0.1, 0.15) is 0 Å². The van der Waals surface area contributed by atoms with Crippen LogP contribution >= 0.6 is 22.6 Å². The number of halogens is 1. The second kappa shape index (κ2) is 3.63. The fourth-order valence-corrected chi connectivity index (χ4v) is 2.63. The van der Waals surface area contributed by atoms with Crippen LogP contribution in [0.15, 0.2) is 36.5 Å². The van der Waals surface area contributed by atoms with Crippen LogP contribution in [0, 0.1) is 3.57 Å². The lowest BCUT2D eigenvalue weighted by Gasteiger charge is -2.06. The average Bonchev–Trinajstić information content (AvgIpc) is 3.03. The van der Waals surface area contributed by atoms with E-state index in [1.165, 1.54) is 27.8 Å². The van der Waals surface area contributed by atoms with Crippen molar-refractivity contribution in [3.05, 3.63) is 45.8 Å². The minimum Gasteiger partial charge on any atom is -0.236 e. The predicted octanol–water partition coefficient (Wildman–Crippen LogP) is 3.35. The maximum atomic E-state index is 4.46. The number of benzene rings is 1. The smallest absolute Gasteiger partial charge is 0.0649 e. The molecule has 76 valence electrons. The molecular weight excluding hydrogens is 299 g/mol. The summed E-state index contributed by atoms with van der Waals surface area (Å²) in [6.07, 6.45) is 4.59. The molecule has 1 aliphatic carbocycles. The normalized spacial score (nSPS) is 15.5. The lowest BCUT2D eigenvalue weighted by atomic mass is 10.2. The van der Waals surface area contributed by atoms with Crippen molar-refractivity contribution < 1.29 is 0 Å². The Labute approximate surface area is 102 Å².